The molecule has 1 saturated heterocycles. The third-order valence-corrected chi connectivity index (χ3v) is 6.00. The number of rotatable bonds is 4. The van der Waals surface area contributed by atoms with Crippen molar-refractivity contribution in [3.05, 3.63) is 29.8 Å². The van der Waals surface area contributed by atoms with Crippen molar-refractivity contribution in [3.63, 3.8) is 0 Å². The molecule has 9 nitrogen and oxygen atoms in total. The van der Waals surface area contributed by atoms with Gasteiger partial charge in [0.05, 0.1) is 16.4 Å². The monoisotopic (exact) mass is 404 g/mol. The van der Waals surface area contributed by atoms with E-state index in [-0.39, 0.29) is 19.0 Å². The maximum Gasteiger partial charge on any atom is 0.416 e. The van der Waals surface area contributed by atoms with Gasteiger partial charge in [-0.2, -0.15) is 22.7 Å². The quantitative estimate of drug-likeness (QED) is 0.791. The standard InChI is InChI=1S/C14H15F3N6O3S/c15-14(16,17)10-4-1-5-11(7-10)27(25,26)23-6-2-3-9(8-23)12(24)18-13-19-21-22-20-13/h1,4-5,7,9H,2-3,6,8H2,(H2,18,19,20,21,22,24). The first-order chi connectivity index (χ1) is 12.7. The Balaban J connectivity index is 1.77. The van der Waals surface area contributed by atoms with E-state index in [4.69, 9.17) is 0 Å². The summed E-state index contributed by atoms with van der Waals surface area (Å²) in [6.07, 6.45) is -3.83. The van der Waals surface area contributed by atoms with Crippen molar-refractivity contribution < 1.29 is 26.4 Å². The first kappa shape index (κ1) is 19.2. The fourth-order valence-corrected chi connectivity index (χ4v) is 4.35. The highest BCUT2D eigenvalue weighted by molar-refractivity contribution is 7.89. The Morgan fingerprint density at radius 2 is 2.11 bits per heavy atom. The molecule has 0 saturated carbocycles. The lowest BCUT2D eigenvalue weighted by Gasteiger charge is -2.31. The van der Waals surface area contributed by atoms with E-state index in [1.54, 1.807) is 0 Å². The molecule has 1 aliphatic rings. The summed E-state index contributed by atoms with van der Waals surface area (Å²) in [7, 11) is -4.17. The van der Waals surface area contributed by atoms with Gasteiger partial charge in [0, 0.05) is 13.1 Å². The summed E-state index contributed by atoms with van der Waals surface area (Å²) in [6.45, 7) is -0.0349. The fraction of sp³-hybridized carbons (Fsp3) is 0.429. The first-order valence-corrected chi connectivity index (χ1v) is 9.33. The van der Waals surface area contributed by atoms with Crippen molar-refractivity contribution >= 4 is 21.9 Å². The molecule has 0 aliphatic carbocycles. The van der Waals surface area contributed by atoms with Crippen molar-refractivity contribution in [3.8, 4) is 0 Å². The number of nitrogens with one attached hydrogen (secondary N) is 2. The van der Waals surface area contributed by atoms with Crippen LogP contribution in [0.5, 0.6) is 0 Å². The third kappa shape index (κ3) is 4.24. The molecule has 1 unspecified atom stereocenters. The molecule has 1 aromatic heterocycles. The van der Waals surface area contributed by atoms with Crippen LogP contribution in [0.3, 0.4) is 0 Å². The fourth-order valence-electron chi connectivity index (χ4n) is 2.78. The van der Waals surface area contributed by atoms with Gasteiger partial charge in [0.15, 0.2) is 0 Å². The summed E-state index contributed by atoms with van der Waals surface area (Å²) in [6, 6.07) is 3.54. The van der Waals surface area contributed by atoms with Crippen LogP contribution < -0.4 is 5.32 Å². The van der Waals surface area contributed by atoms with E-state index in [2.05, 4.69) is 25.9 Å². The van der Waals surface area contributed by atoms with Crippen LogP contribution in [0.25, 0.3) is 0 Å². The van der Waals surface area contributed by atoms with Crippen LogP contribution in [-0.2, 0) is 21.0 Å². The van der Waals surface area contributed by atoms with Crippen molar-refractivity contribution in [2.24, 2.45) is 5.92 Å². The van der Waals surface area contributed by atoms with Crippen LogP contribution in [0.1, 0.15) is 18.4 Å². The molecule has 1 fully saturated rings. The van der Waals surface area contributed by atoms with Crippen LogP contribution in [0.2, 0.25) is 0 Å². The lowest BCUT2D eigenvalue weighted by atomic mass is 9.99. The number of halogens is 3. The second-order valence-electron chi connectivity index (χ2n) is 5.95. The number of aromatic amines is 1. The minimum Gasteiger partial charge on any atom is -0.292 e. The van der Waals surface area contributed by atoms with Gasteiger partial charge in [-0.3, -0.25) is 10.1 Å². The van der Waals surface area contributed by atoms with Gasteiger partial charge in [-0.05, 0) is 36.3 Å². The average molecular weight is 404 g/mol. The zero-order valence-corrected chi connectivity index (χ0v) is 14.6. The number of aromatic nitrogens is 4. The molecule has 1 aromatic carbocycles. The molecule has 2 N–H and O–H groups in total. The van der Waals surface area contributed by atoms with Gasteiger partial charge in [0.2, 0.25) is 15.9 Å². The van der Waals surface area contributed by atoms with E-state index in [0.717, 1.165) is 22.5 Å². The van der Waals surface area contributed by atoms with Crippen molar-refractivity contribution in [1.29, 1.82) is 0 Å². The highest BCUT2D eigenvalue weighted by atomic mass is 32.2. The zero-order valence-electron chi connectivity index (χ0n) is 13.8. The highest BCUT2D eigenvalue weighted by Gasteiger charge is 2.36. The van der Waals surface area contributed by atoms with Gasteiger partial charge in [-0.25, -0.2) is 8.42 Å². The molecule has 146 valence electrons. The van der Waals surface area contributed by atoms with E-state index in [9.17, 15) is 26.4 Å². The number of hydrogen-bond donors (Lipinski definition) is 2. The third-order valence-electron chi connectivity index (χ3n) is 4.13. The van der Waals surface area contributed by atoms with E-state index < -0.39 is 38.5 Å². The minimum absolute atomic E-state index is 0.0436. The number of carbonyl (C=O) groups excluding carboxylic acids is 1. The SMILES string of the molecule is O=C(Nc1nn[nH]n1)C1CCCN(S(=O)(=O)c2cccc(C(F)(F)F)c2)C1. The normalized spacial score (nSPS) is 19.0. The van der Waals surface area contributed by atoms with Gasteiger partial charge >= 0.3 is 6.18 Å². The number of sulfonamides is 1. The van der Waals surface area contributed by atoms with Gasteiger partial charge in [-0.1, -0.05) is 11.2 Å². The topological polar surface area (TPSA) is 121 Å². The molecule has 27 heavy (non-hydrogen) atoms. The van der Waals surface area contributed by atoms with E-state index in [1.165, 1.54) is 0 Å². The summed E-state index contributed by atoms with van der Waals surface area (Å²) in [5.74, 6) is -1.21. The van der Waals surface area contributed by atoms with E-state index >= 15 is 0 Å². The zero-order chi connectivity index (χ0) is 19.7. The average Bonchev–Trinajstić information content (AvgIpc) is 3.14. The summed E-state index contributed by atoms with van der Waals surface area (Å²) >= 11 is 0. The van der Waals surface area contributed by atoms with Gasteiger partial charge in [0.1, 0.15) is 0 Å². The van der Waals surface area contributed by atoms with Crippen LogP contribution >= 0.6 is 0 Å². The Labute approximate surface area is 152 Å². The number of tetrazole rings is 1. The number of nitrogens with zero attached hydrogens (tertiary/aromatic N) is 4. The van der Waals surface area contributed by atoms with Crippen molar-refractivity contribution in [2.45, 2.75) is 23.9 Å². The summed E-state index contributed by atoms with van der Waals surface area (Å²) in [4.78, 5) is 11.8. The molecule has 0 spiro atoms. The van der Waals surface area contributed by atoms with Gasteiger partial charge in [0.25, 0.3) is 5.95 Å². The number of carbonyl (C=O) groups is 1. The maximum absolute atomic E-state index is 12.9. The van der Waals surface area contributed by atoms with Crippen LogP contribution in [0.15, 0.2) is 29.2 Å². The molecule has 1 amide bonds. The highest BCUT2D eigenvalue weighted by Crippen LogP contribution is 2.32. The van der Waals surface area contributed by atoms with Crippen LogP contribution in [0.4, 0.5) is 19.1 Å². The van der Waals surface area contributed by atoms with Crippen molar-refractivity contribution in [2.75, 3.05) is 18.4 Å². The minimum atomic E-state index is -4.65. The van der Waals surface area contributed by atoms with Gasteiger partial charge < -0.3 is 0 Å². The predicted molar refractivity (Wildman–Crippen MR) is 85.7 cm³/mol. The van der Waals surface area contributed by atoms with Crippen molar-refractivity contribution in [1.82, 2.24) is 24.9 Å². The Kier molecular flexibility index (Phi) is 5.15. The lowest BCUT2D eigenvalue weighted by Crippen LogP contribution is -2.43. The molecule has 1 aliphatic heterocycles. The second-order valence-corrected chi connectivity index (χ2v) is 7.89. The molecule has 0 bridgehead atoms. The Morgan fingerprint density at radius 1 is 1.33 bits per heavy atom. The molecule has 3 rings (SSSR count). The number of amides is 1. The Bertz CT molecular complexity index is 916. The predicted octanol–water partition coefficient (Wildman–Crippen LogP) is 1.26. The Morgan fingerprint density at radius 3 is 2.78 bits per heavy atom. The second kappa shape index (κ2) is 7.23. The van der Waals surface area contributed by atoms with Crippen LogP contribution in [0, 0.1) is 5.92 Å². The lowest BCUT2D eigenvalue weighted by molar-refractivity contribution is -0.137. The molecule has 2 heterocycles. The van der Waals surface area contributed by atoms with Crippen LogP contribution in [-0.4, -0.2) is 52.3 Å². The Hall–Kier alpha value is -2.54. The van der Waals surface area contributed by atoms with Gasteiger partial charge in [-0.15, -0.1) is 5.10 Å². The molecule has 0 radical (unpaired) electrons. The number of benzene rings is 1. The summed E-state index contributed by atoms with van der Waals surface area (Å²) < 4.78 is 65.1. The number of H-pyrrole nitrogens is 1. The number of alkyl halides is 3. The van der Waals surface area contributed by atoms with E-state index in [0.29, 0.717) is 18.9 Å². The molecule has 13 heteroatoms. The largest absolute Gasteiger partial charge is 0.416 e. The maximum atomic E-state index is 12.9. The molecule has 1 atom stereocenters. The number of piperidine rings is 1. The summed E-state index contributed by atoms with van der Waals surface area (Å²) in [5, 5.41) is 15.0. The molecule has 2 aromatic rings. The summed E-state index contributed by atoms with van der Waals surface area (Å²) in [5.41, 5.74) is -1.05. The first-order valence-electron chi connectivity index (χ1n) is 7.89. The number of anilines is 1. The van der Waals surface area contributed by atoms with E-state index in [1.807, 2.05) is 0 Å². The number of hydrogen-bond acceptors (Lipinski definition) is 6. The molecular formula is C14H15F3N6O3S. The smallest absolute Gasteiger partial charge is 0.292 e. The molecular weight excluding hydrogens is 389 g/mol.